The summed E-state index contributed by atoms with van der Waals surface area (Å²) in [5, 5.41) is 13.2. The van der Waals surface area contributed by atoms with Gasteiger partial charge in [0.2, 0.25) is 0 Å². The SMILES string of the molecule is CC(C)(C)c1nnsc1C(=O)Nc1[nH]ncc1C(N)=S. The molecular formula is C11H14N6OS2. The summed E-state index contributed by atoms with van der Waals surface area (Å²) in [5.41, 5.74) is 6.42. The number of hydrogen-bond donors (Lipinski definition) is 3. The van der Waals surface area contributed by atoms with Crippen molar-refractivity contribution in [2.24, 2.45) is 5.73 Å². The number of hydrogen-bond acceptors (Lipinski definition) is 6. The summed E-state index contributed by atoms with van der Waals surface area (Å²) in [5.74, 6) is 0.0578. The summed E-state index contributed by atoms with van der Waals surface area (Å²) in [6.45, 7) is 5.91. The number of amides is 1. The number of nitrogens with one attached hydrogen (secondary N) is 2. The van der Waals surface area contributed by atoms with Crippen molar-refractivity contribution in [2.75, 3.05) is 5.32 Å². The van der Waals surface area contributed by atoms with Gasteiger partial charge < -0.3 is 11.1 Å². The third-order valence-corrected chi connectivity index (χ3v) is 3.49. The first kappa shape index (κ1) is 14.5. The van der Waals surface area contributed by atoms with E-state index in [4.69, 9.17) is 18.0 Å². The third-order valence-electron chi connectivity index (χ3n) is 2.55. The summed E-state index contributed by atoms with van der Waals surface area (Å²) in [6, 6.07) is 0. The molecule has 9 heteroatoms. The summed E-state index contributed by atoms with van der Waals surface area (Å²) in [7, 11) is 0. The van der Waals surface area contributed by atoms with Gasteiger partial charge in [-0.15, -0.1) is 5.10 Å². The highest BCUT2D eigenvalue weighted by atomic mass is 32.1. The fourth-order valence-corrected chi connectivity index (χ4v) is 2.50. The van der Waals surface area contributed by atoms with E-state index in [0.29, 0.717) is 22.0 Å². The van der Waals surface area contributed by atoms with Crippen LogP contribution in [0.25, 0.3) is 0 Å². The molecule has 0 aliphatic carbocycles. The molecule has 0 saturated heterocycles. The Hall–Kier alpha value is -1.87. The second-order valence-corrected chi connectivity index (χ2v) is 6.37. The van der Waals surface area contributed by atoms with Crippen molar-refractivity contribution in [3.63, 3.8) is 0 Å². The van der Waals surface area contributed by atoms with Crippen LogP contribution in [-0.4, -0.2) is 30.7 Å². The van der Waals surface area contributed by atoms with E-state index in [0.717, 1.165) is 11.5 Å². The highest BCUT2D eigenvalue weighted by Gasteiger charge is 2.27. The van der Waals surface area contributed by atoms with Crippen LogP contribution in [0.3, 0.4) is 0 Å². The van der Waals surface area contributed by atoms with Crippen molar-refractivity contribution in [1.82, 2.24) is 19.8 Å². The van der Waals surface area contributed by atoms with E-state index in [1.165, 1.54) is 6.20 Å². The van der Waals surface area contributed by atoms with Gasteiger partial charge in [0.15, 0.2) is 0 Å². The molecule has 2 aromatic heterocycles. The lowest BCUT2D eigenvalue weighted by atomic mass is 9.91. The molecule has 0 aliphatic heterocycles. The Balaban J connectivity index is 2.28. The van der Waals surface area contributed by atoms with E-state index < -0.39 is 0 Å². The van der Waals surface area contributed by atoms with Crippen molar-refractivity contribution in [1.29, 1.82) is 0 Å². The Morgan fingerprint density at radius 1 is 1.50 bits per heavy atom. The van der Waals surface area contributed by atoms with Crippen LogP contribution in [0.5, 0.6) is 0 Å². The highest BCUT2D eigenvalue weighted by molar-refractivity contribution is 7.80. The van der Waals surface area contributed by atoms with Crippen molar-refractivity contribution in [3.8, 4) is 0 Å². The van der Waals surface area contributed by atoms with E-state index in [9.17, 15) is 4.79 Å². The normalized spacial score (nSPS) is 11.3. The Morgan fingerprint density at radius 3 is 2.80 bits per heavy atom. The van der Waals surface area contributed by atoms with E-state index in [1.54, 1.807) is 0 Å². The Bertz CT molecular complexity index is 654. The average Bonchev–Trinajstić information content (AvgIpc) is 2.95. The molecule has 7 nitrogen and oxygen atoms in total. The van der Waals surface area contributed by atoms with Crippen molar-refractivity contribution >= 4 is 40.5 Å². The molecule has 1 amide bonds. The second kappa shape index (κ2) is 5.25. The lowest BCUT2D eigenvalue weighted by molar-refractivity contribution is 0.102. The van der Waals surface area contributed by atoms with Gasteiger partial charge in [0.25, 0.3) is 5.91 Å². The minimum atomic E-state index is -0.313. The van der Waals surface area contributed by atoms with Gasteiger partial charge in [0, 0.05) is 5.41 Å². The monoisotopic (exact) mass is 310 g/mol. The van der Waals surface area contributed by atoms with Crippen LogP contribution >= 0.6 is 23.8 Å². The fraction of sp³-hybridized carbons (Fsp3) is 0.364. The number of carbonyl (C=O) groups is 1. The van der Waals surface area contributed by atoms with Crippen LogP contribution in [0, 0.1) is 0 Å². The second-order valence-electron chi connectivity index (χ2n) is 5.18. The van der Waals surface area contributed by atoms with Crippen LogP contribution in [-0.2, 0) is 5.41 Å². The molecule has 0 spiro atoms. The first-order valence-corrected chi connectivity index (χ1v) is 6.96. The van der Waals surface area contributed by atoms with Gasteiger partial charge in [-0.2, -0.15) is 5.10 Å². The van der Waals surface area contributed by atoms with Gasteiger partial charge in [-0.25, -0.2) is 0 Å². The molecule has 0 unspecified atom stereocenters. The van der Waals surface area contributed by atoms with Crippen molar-refractivity contribution in [2.45, 2.75) is 26.2 Å². The smallest absolute Gasteiger partial charge is 0.270 e. The lowest BCUT2D eigenvalue weighted by Gasteiger charge is -2.16. The summed E-state index contributed by atoms with van der Waals surface area (Å²) in [4.78, 5) is 12.9. The predicted octanol–water partition coefficient (Wildman–Crippen LogP) is 1.45. The summed E-state index contributed by atoms with van der Waals surface area (Å²) in [6.07, 6.45) is 1.47. The molecule has 2 rings (SSSR count). The van der Waals surface area contributed by atoms with Gasteiger partial charge in [-0.1, -0.05) is 37.5 Å². The summed E-state index contributed by atoms with van der Waals surface area (Å²) < 4.78 is 3.85. The largest absolute Gasteiger partial charge is 0.389 e. The first-order chi connectivity index (χ1) is 9.30. The molecule has 0 bridgehead atoms. The van der Waals surface area contributed by atoms with E-state index in [1.807, 2.05) is 20.8 Å². The number of nitrogens with two attached hydrogens (primary N) is 1. The molecule has 106 valence electrons. The zero-order chi connectivity index (χ0) is 14.9. The molecule has 0 saturated carbocycles. The van der Waals surface area contributed by atoms with Crippen LogP contribution in [0.2, 0.25) is 0 Å². The molecule has 20 heavy (non-hydrogen) atoms. The number of anilines is 1. The number of carbonyl (C=O) groups excluding carboxylic acids is 1. The third kappa shape index (κ3) is 2.83. The number of nitrogens with zero attached hydrogens (tertiary/aromatic N) is 3. The topological polar surface area (TPSA) is 110 Å². The maximum atomic E-state index is 12.3. The Kier molecular flexibility index (Phi) is 3.82. The average molecular weight is 310 g/mol. The minimum Gasteiger partial charge on any atom is -0.389 e. The summed E-state index contributed by atoms with van der Waals surface area (Å²) >= 11 is 5.93. The first-order valence-electron chi connectivity index (χ1n) is 5.78. The van der Waals surface area contributed by atoms with Crippen LogP contribution in [0.15, 0.2) is 6.20 Å². The standard InChI is InChI=1S/C11H14N6OS2/c1-11(2,3)7-6(20-17-15-7)10(18)14-9-5(8(12)19)4-13-16-9/h4H,1-3H3,(H2,12,19)(H2,13,14,16,18). The quantitative estimate of drug-likeness (QED) is 0.740. The lowest BCUT2D eigenvalue weighted by Crippen LogP contribution is -2.21. The molecule has 0 radical (unpaired) electrons. The number of H-pyrrole nitrogens is 1. The molecule has 0 aromatic carbocycles. The molecule has 2 aromatic rings. The number of thiocarbonyl (C=S) groups is 1. The molecule has 4 N–H and O–H groups in total. The van der Waals surface area contributed by atoms with Gasteiger partial charge in [0.1, 0.15) is 15.7 Å². The predicted molar refractivity (Wildman–Crippen MR) is 81.0 cm³/mol. The van der Waals surface area contributed by atoms with Crippen molar-refractivity contribution < 1.29 is 4.79 Å². The van der Waals surface area contributed by atoms with Gasteiger partial charge in [-0.05, 0) is 11.5 Å². The van der Waals surface area contributed by atoms with E-state index >= 15 is 0 Å². The number of aromatic amines is 1. The highest BCUT2D eigenvalue weighted by Crippen LogP contribution is 2.26. The van der Waals surface area contributed by atoms with Crippen molar-refractivity contribution in [3.05, 3.63) is 22.3 Å². The van der Waals surface area contributed by atoms with E-state index in [-0.39, 0.29) is 16.3 Å². The number of aromatic nitrogens is 4. The maximum Gasteiger partial charge on any atom is 0.270 e. The zero-order valence-electron chi connectivity index (χ0n) is 11.2. The van der Waals surface area contributed by atoms with Crippen LogP contribution in [0.4, 0.5) is 5.82 Å². The minimum absolute atomic E-state index is 0.160. The Morgan fingerprint density at radius 2 is 2.20 bits per heavy atom. The fourth-order valence-electron chi connectivity index (χ4n) is 1.57. The maximum absolute atomic E-state index is 12.3. The number of rotatable bonds is 3. The Labute approximate surface area is 125 Å². The van der Waals surface area contributed by atoms with Crippen LogP contribution in [0.1, 0.15) is 41.7 Å². The molecule has 0 aliphatic rings. The molecular weight excluding hydrogens is 296 g/mol. The van der Waals surface area contributed by atoms with Gasteiger partial charge in [-0.3, -0.25) is 9.89 Å². The molecule has 0 atom stereocenters. The van der Waals surface area contributed by atoms with Gasteiger partial charge in [0.05, 0.1) is 17.5 Å². The van der Waals surface area contributed by atoms with Crippen LogP contribution < -0.4 is 11.1 Å². The zero-order valence-corrected chi connectivity index (χ0v) is 12.9. The van der Waals surface area contributed by atoms with Gasteiger partial charge >= 0.3 is 0 Å². The van der Waals surface area contributed by atoms with E-state index in [2.05, 4.69) is 25.1 Å². The molecule has 2 heterocycles. The molecule has 0 fully saturated rings.